The first-order valence-electron chi connectivity index (χ1n) is 19.8. The first-order chi connectivity index (χ1) is 27.3. The highest BCUT2D eigenvalue weighted by Crippen LogP contribution is 2.60. The number of ether oxygens (including phenoxy) is 1. The van der Waals surface area contributed by atoms with Gasteiger partial charge in [0.05, 0.1) is 18.8 Å². The fourth-order valence-electron chi connectivity index (χ4n) is 9.39. The molecule has 13 nitrogen and oxygen atoms in total. The molecule has 13 heteroatoms. The van der Waals surface area contributed by atoms with Crippen molar-refractivity contribution in [2.24, 2.45) is 17.3 Å². The summed E-state index contributed by atoms with van der Waals surface area (Å²) in [6, 6.07) is 19.7. The van der Waals surface area contributed by atoms with Gasteiger partial charge in [-0.15, -0.1) is 0 Å². The minimum Gasteiger partial charge on any atom is -0.452 e. The number of carbonyl (C=O) groups is 6. The Morgan fingerprint density at radius 2 is 1.60 bits per heavy atom. The Bertz CT molecular complexity index is 2020. The van der Waals surface area contributed by atoms with Crippen LogP contribution in [0.15, 0.2) is 79.1 Å². The Balaban J connectivity index is 1.36. The van der Waals surface area contributed by atoms with Gasteiger partial charge in [-0.3, -0.25) is 38.8 Å². The number of carbonyl (C=O) groups excluding carboxylic acids is 6. The van der Waals surface area contributed by atoms with Gasteiger partial charge in [0, 0.05) is 75.0 Å². The van der Waals surface area contributed by atoms with Crippen LogP contribution < -0.4 is 10.8 Å². The van der Waals surface area contributed by atoms with Gasteiger partial charge in [0.25, 0.3) is 5.91 Å². The van der Waals surface area contributed by atoms with Crippen molar-refractivity contribution in [2.75, 3.05) is 26.2 Å². The number of hydroxylamine groups is 1. The number of hydrogen-bond donors (Lipinski definition) is 2. The minimum atomic E-state index is -1.86. The molecular formula is C44H51N5O8. The first-order valence-corrected chi connectivity index (χ1v) is 19.8. The molecule has 4 aliphatic rings. The van der Waals surface area contributed by atoms with Crippen LogP contribution in [-0.2, 0) is 63.3 Å². The number of pyridine rings is 1. The summed E-state index contributed by atoms with van der Waals surface area (Å²) in [6.07, 6.45) is 2.85. The molecule has 0 saturated carbocycles. The Morgan fingerprint density at radius 3 is 2.35 bits per heavy atom. The molecule has 0 spiro atoms. The molecule has 1 aliphatic carbocycles. The zero-order valence-electron chi connectivity index (χ0n) is 32.8. The van der Waals surface area contributed by atoms with Gasteiger partial charge in [0.1, 0.15) is 23.0 Å². The summed E-state index contributed by atoms with van der Waals surface area (Å²) < 4.78 is 6.60. The summed E-state index contributed by atoms with van der Waals surface area (Å²) in [4.78, 5) is 99.0. The molecule has 7 rings (SSSR count). The smallest absolute Gasteiger partial charge is 0.332 e. The van der Waals surface area contributed by atoms with Gasteiger partial charge >= 0.3 is 11.9 Å². The molecule has 3 fully saturated rings. The Morgan fingerprint density at radius 1 is 0.877 bits per heavy atom. The van der Waals surface area contributed by atoms with Crippen LogP contribution in [0, 0.1) is 17.3 Å². The quantitative estimate of drug-likeness (QED) is 0.321. The van der Waals surface area contributed by atoms with Crippen LogP contribution in [0.1, 0.15) is 75.1 Å². The fraction of sp³-hybridized carbons (Fsp3) is 0.477. The van der Waals surface area contributed by atoms with Gasteiger partial charge in [0.2, 0.25) is 5.91 Å². The number of nitrogens with zero attached hydrogens (tertiary/aromatic N) is 3. The lowest BCUT2D eigenvalue weighted by molar-refractivity contribution is -0.202. The van der Waals surface area contributed by atoms with Crippen molar-refractivity contribution in [3.8, 4) is 0 Å². The zero-order chi connectivity index (χ0) is 40.4. The van der Waals surface area contributed by atoms with Gasteiger partial charge in [-0.25, -0.2) is 4.79 Å². The number of ketones is 2. The van der Waals surface area contributed by atoms with Gasteiger partial charge in [0.15, 0.2) is 5.60 Å². The van der Waals surface area contributed by atoms with Crippen molar-refractivity contribution >= 4 is 35.3 Å². The van der Waals surface area contributed by atoms with Crippen molar-refractivity contribution in [3.05, 3.63) is 101 Å². The molecule has 1 aromatic heterocycles. The molecule has 57 heavy (non-hydrogen) atoms. The second kappa shape index (κ2) is 16.3. The number of benzene rings is 2. The van der Waals surface area contributed by atoms with Crippen LogP contribution in [0.5, 0.6) is 0 Å². The van der Waals surface area contributed by atoms with E-state index in [1.54, 1.807) is 24.5 Å². The van der Waals surface area contributed by atoms with E-state index in [1.807, 2.05) is 80.3 Å². The van der Waals surface area contributed by atoms with Crippen LogP contribution in [0.25, 0.3) is 0 Å². The molecule has 0 bridgehead atoms. The maximum absolute atomic E-state index is 15.3. The number of rotatable bonds is 8. The van der Waals surface area contributed by atoms with Crippen LogP contribution in [0.2, 0.25) is 0 Å². The number of fused-ring (bicyclic) bond motifs is 3. The molecule has 2 unspecified atom stereocenters. The van der Waals surface area contributed by atoms with E-state index in [4.69, 9.17) is 9.57 Å². The van der Waals surface area contributed by atoms with Crippen LogP contribution in [-0.4, -0.2) is 87.9 Å². The second-order valence-electron chi connectivity index (χ2n) is 17.0. The third-order valence-corrected chi connectivity index (χ3v) is 11.9. The standard InChI is InChI=1S/C44H51N5O8/c1-42(2,3)46-40(54)35-28-48(26-30-12-9-19-45-25-30)20-21-49(35)27-32-24-43(23-29-10-5-4-6-11-29,41(55)47-57-39(53)18-15-36(32)50)44-33-14-8-7-13-31(33)22-34(44)37(51)16-17-38(52)56-44/h4-14,19,25,32,34-35H,15-18,20-24,26-28H2,1-3H3,(H,46,54)(H,47,55)/t32-,34?,35?,43+,44+/m0/s1. The van der Waals surface area contributed by atoms with E-state index in [0.29, 0.717) is 37.3 Å². The number of Topliss-reactive ketones (excluding diaryl/α,β-unsaturated/α-hetero) is 2. The lowest BCUT2D eigenvalue weighted by Gasteiger charge is -2.51. The highest BCUT2D eigenvalue weighted by Gasteiger charge is 2.69. The van der Waals surface area contributed by atoms with Gasteiger partial charge in [-0.1, -0.05) is 60.7 Å². The SMILES string of the molecule is CC(C)(C)NC(=O)C1CN(Cc2cccnc2)CCN1C[C@@H]1C[C@@](Cc2ccccc2)([C@]23OC(=O)CCC(=O)C2Cc2ccccc23)C(=O)NOC(=O)CCC1=O. The number of amides is 2. The Hall–Kier alpha value is -5.27. The molecule has 300 valence electrons. The van der Waals surface area contributed by atoms with E-state index in [-0.39, 0.29) is 69.0 Å². The van der Waals surface area contributed by atoms with Crippen molar-refractivity contribution < 1.29 is 38.3 Å². The molecule has 2 aromatic carbocycles. The maximum atomic E-state index is 15.3. The van der Waals surface area contributed by atoms with Crippen LogP contribution in [0.4, 0.5) is 0 Å². The van der Waals surface area contributed by atoms with Crippen molar-refractivity contribution in [3.63, 3.8) is 0 Å². The number of hydrogen-bond acceptors (Lipinski definition) is 11. The summed E-state index contributed by atoms with van der Waals surface area (Å²) in [5, 5.41) is 3.14. The summed E-state index contributed by atoms with van der Waals surface area (Å²) in [5.74, 6) is -4.81. The molecule has 2 N–H and O–H groups in total. The van der Waals surface area contributed by atoms with Gasteiger partial charge < -0.3 is 14.9 Å². The van der Waals surface area contributed by atoms with E-state index in [9.17, 15) is 24.0 Å². The summed E-state index contributed by atoms with van der Waals surface area (Å²) in [5.41, 5.74) is 1.16. The topological polar surface area (TPSA) is 164 Å². The minimum absolute atomic E-state index is 0.0563. The number of esters is 1. The molecular weight excluding hydrogens is 727 g/mol. The third-order valence-electron chi connectivity index (χ3n) is 11.9. The van der Waals surface area contributed by atoms with Crippen molar-refractivity contribution in [1.29, 1.82) is 0 Å². The van der Waals surface area contributed by atoms with Gasteiger partial charge in [-0.2, -0.15) is 5.48 Å². The van der Waals surface area contributed by atoms with Crippen molar-refractivity contribution in [1.82, 2.24) is 25.6 Å². The van der Waals surface area contributed by atoms with Crippen LogP contribution >= 0.6 is 0 Å². The van der Waals surface area contributed by atoms with E-state index in [2.05, 4.69) is 20.7 Å². The average molecular weight is 778 g/mol. The van der Waals surface area contributed by atoms with E-state index >= 15 is 4.79 Å². The summed E-state index contributed by atoms with van der Waals surface area (Å²) in [7, 11) is 0. The predicted molar refractivity (Wildman–Crippen MR) is 208 cm³/mol. The summed E-state index contributed by atoms with van der Waals surface area (Å²) >= 11 is 0. The summed E-state index contributed by atoms with van der Waals surface area (Å²) in [6.45, 7) is 7.77. The molecule has 2 amide bonds. The predicted octanol–water partition coefficient (Wildman–Crippen LogP) is 3.63. The second-order valence-corrected chi connectivity index (χ2v) is 17.0. The number of aromatic nitrogens is 1. The molecule has 3 aromatic rings. The van der Waals surface area contributed by atoms with Crippen molar-refractivity contribution in [2.45, 2.75) is 89.4 Å². The normalized spacial score (nSPS) is 27.6. The van der Waals surface area contributed by atoms with E-state index < -0.39 is 52.3 Å². The molecule has 3 saturated heterocycles. The van der Waals surface area contributed by atoms with Crippen LogP contribution in [0.3, 0.4) is 0 Å². The highest BCUT2D eigenvalue weighted by atomic mass is 16.7. The Kier molecular flexibility index (Phi) is 11.4. The molecule has 0 radical (unpaired) electrons. The third kappa shape index (κ3) is 8.26. The average Bonchev–Trinajstić information content (AvgIpc) is 3.46. The molecule has 4 heterocycles. The highest BCUT2D eigenvalue weighted by molar-refractivity contribution is 5.95. The molecule has 3 aliphatic heterocycles. The zero-order valence-corrected chi connectivity index (χ0v) is 32.8. The maximum Gasteiger partial charge on any atom is 0.332 e. The van der Waals surface area contributed by atoms with E-state index in [1.165, 1.54) is 0 Å². The van der Waals surface area contributed by atoms with E-state index in [0.717, 1.165) is 11.1 Å². The first kappa shape index (κ1) is 39.9. The number of nitrogens with one attached hydrogen (secondary N) is 2. The largest absolute Gasteiger partial charge is 0.452 e. The Labute approximate surface area is 332 Å². The monoisotopic (exact) mass is 777 g/mol. The lowest BCUT2D eigenvalue weighted by atomic mass is 9.57. The lowest BCUT2D eigenvalue weighted by Crippen LogP contribution is -2.64. The van der Waals surface area contributed by atoms with Gasteiger partial charge in [-0.05, 0) is 62.8 Å². The number of piperazine rings is 1. The molecule has 5 atom stereocenters. The fourth-order valence-corrected chi connectivity index (χ4v) is 9.39.